The van der Waals surface area contributed by atoms with Gasteiger partial charge in [-0.3, -0.25) is 9.78 Å². The minimum Gasteiger partial charge on any atom is -0.324 e. The molecule has 4 aromatic rings. The molecule has 1 aromatic heterocycles. The summed E-state index contributed by atoms with van der Waals surface area (Å²) in [5.41, 5.74) is 3.76. The number of rotatable bonds is 7. The Labute approximate surface area is 193 Å². The molecular formula is C26H25N3O3S. The number of benzene rings is 3. The van der Waals surface area contributed by atoms with Gasteiger partial charge in [-0.15, -0.1) is 0 Å². The van der Waals surface area contributed by atoms with Crippen molar-refractivity contribution in [3.8, 4) is 0 Å². The maximum atomic E-state index is 13.4. The summed E-state index contributed by atoms with van der Waals surface area (Å²) in [5.74, 6) is -0.427. The van der Waals surface area contributed by atoms with E-state index in [-0.39, 0.29) is 11.3 Å². The minimum absolute atomic E-state index is 0.0400. The predicted octanol–water partition coefficient (Wildman–Crippen LogP) is 4.38. The molecule has 168 valence electrons. The normalized spacial score (nSPS) is 12.4. The first-order valence-electron chi connectivity index (χ1n) is 10.6. The molecule has 0 aliphatic carbocycles. The molecule has 0 bridgehead atoms. The lowest BCUT2D eigenvalue weighted by molar-refractivity contribution is -0.117. The molecule has 4 rings (SSSR count). The molecule has 7 heteroatoms. The van der Waals surface area contributed by atoms with Gasteiger partial charge in [-0.2, -0.15) is 4.72 Å². The highest BCUT2D eigenvalue weighted by Gasteiger charge is 2.28. The van der Waals surface area contributed by atoms with Gasteiger partial charge in [0.15, 0.2) is 0 Å². The van der Waals surface area contributed by atoms with Gasteiger partial charge in [0.25, 0.3) is 0 Å². The molecule has 1 atom stereocenters. The fourth-order valence-electron chi connectivity index (χ4n) is 3.67. The van der Waals surface area contributed by atoms with Crippen LogP contribution in [0.5, 0.6) is 0 Å². The molecule has 0 aliphatic rings. The third kappa shape index (κ3) is 5.27. The van der Waals surface area contributed by atoms with E-state index in [2.05, 4.69) is 15.0 Å². The molecule has 33 heavy (non-hydrogen) atoms. The molecule has 0 saturated carbocycles. The van der Waals surface area contributed by atoms with Gasteiger partial charge >= 0.3 is 0 Å². The summed E-state index contributed by atoms with van der Waals surface area (Å²) < 4.78 is 29.4. The van der Waals surface area contributed by atoms with Crippen molar-refractivity contribution in [2.45, 2.75) is 31.2 Å². The number of nitrogens with one attached hydrogen (secondary N) is 2. The number of para-hydroxylation sites is 1. The van der Waals surface area contributed by atoms with Crippen LogP contribution in [0.15, 0.2) is 90.0 Å². The second-order valence-electron chi connectivity index (χ2n) is 8.00. The zero-order valence-electron chi connectivity index (χ0n) is 18.4. The number of aryl methyl sites for hydroxylation is 2. The number of fused-ring (bicyclic) bond motifs is 1. The maximum Gasteiger partial charge on any atom is 0.243 e. The summed E-state index contributed by atoms with van der Waals surface area (Å²) >= 11 is 0. The van der Waals surface area contributed by atoms with Gasteiger partial charge in [-0.05, 0) is 55.2 Å². The first-order valence-corrected chi connectivity index (χ1v) is 12.1. The second kappa shape index (κ2) is 9.52. The summed E-state index contributed by atoms with van der Waals surface area (Å²) in [6, 6.07) is 22.6. The van der Waals surface area contributed by atoms with Crippen LogP contribution in [0.25, 0.3) is 10.9 Å². The van der Waals surface area contributed by atoms with Crippen LogP contribution < -0.4 is 10.0 Å². The van der Waals surface area contributed by atoms with Gasteiger partial charge in [0, 0.05) is 17.3 Å². The average molecular weight is 460 g/mol. The van der Waals surface area contributed by atoms with Crippen LogP contribution in [-0.4, -0.2) is 25.4 Å². The number of aromatic nitrogens is 1. The maximum absolute atomic E-state index is 13.4. The van der Waals surface area contributed by atoms with Crippen molar-refractivity contribution in [1.29, 1.82) is 0 Å². The van der Waals surface area contributed by atoms with Crippen molar-refractivity contribution in [2.75, 3.05) is 5.32 Å². The smallest absolute Gasteiger partial charge is 0.243 e. The number of pyridine rings is 1. The second-order valence-corrected chi connectivity index (χ2v) is 9.68. The first-order chi connectivity index (χ1) is 15.8. The molecule has 0 saturated heterocycles. The van der Waals surface area contributed by atoms with Crippen LogP contribution >= 0.6 is 0 Å². The van der Waals surface area contributed by atoms with Crippen molar-refractivity contribution in [3.05, 3.63) is 102 Å². The van der Waals surface area contributed by atoms with Crippen molar-refractivity contribution >= 4 is 32.5 Å². The van der Waals surface area contributed by atoms with E-state index in [0.29, 0.717) is 16.6 Å². The molecule has 0 radical (unpaired) electrons. The topological polar surface area (TPSA) is 88.2 Å². The van der Waals surface area contributed by atoms with Gasteiger partial charge < -0.3 is 5.32 Å². The van der Waals surface area contributed by atoms with E-state index in [4.69, 9.17) is 0 Å². The predicted molar refractivity (Wildman–Crippen MR) is 131 cm³/mol. The summed E-state index contributed by atoms with van der Waals surface area (Å²) in [4.78, 5) is 17.6. The highest BCUT2D eigenvalue weighted by atomic mass is 32.2. The molecule has 0 aliphatic heterocycles. The Balaban J connectivity index is 1.68. The van der Waals surface area contributed by atoms with Crippen LogP contribution in [0.3, 0.4) is 0 Å². The molecule has 1 unspecified atom stereocenters. The lowest BCUT2D eigenvalue weighted by Crippen LogP contribution is -2.45. The monoisotopic (exact) mass is 459 g/mol. The number of amides is 1. The zero-order chi connectivity index (χ0) is 23.4. The van der Waals surface area contributed by atoms with Gasteiger partial charge in [-0.25, -0.2) is 8.42 Å². The van der Waals surface area contributed by atoms with Gasteiger partial charge in [0.05, 0.1) is 5.52 Å². The Kier molecular flexibility index (Phi) is 6.53. The Morgan fingerprint density at radius 1 is 0.939 bits per heavy atom. The van der Waals surface area contributed by atoms with Crippen molar-refractivity contribution in [3.63, 3.8) is 0 Å². The van der Waals surface area contributed by atoms with Gasteiger partial charge in [-0.1, -0.05) is 60.7 Å². The summed E-state index contributed by atoms with van der Waals surface area (Å²) in [6.45, 7) is 3.83. The first kappa shape index (κ1) is 22.6. The van der Waals surface area contributed by atoms with E-state index in [0.717, 1.165) is 16.7 Å². The Bertz CT molecular complexity index is 1400. The fraction of sp³-hybridized carbons (Fsp3) is 0.154. The Morgan fingerprint density at radius 2 is 1.70 bits per heavy atom. The Hall–Kier alpha value is -3.55. The number of hydrogen-bond donors (Lipinski definition) is 2. The molecule has 0 fully saturated rings. The fourth-order valence-corrected chi connectivity index (χ4v) is 5.05. The van der Waals surface area contributed by atoms with Gasteiger partial charge in [0.2, 0.25) is 15.9 Å². The van der Waals surface area contributed by atoms with E-state index >= 15 is 0 Å². The average Bonchev–Trinajstić information content (AvgIpc) is 2.81. The minimum atomic E-state index is -4.04. The number of carbonyl (C=O) groups is 1. The van der Waals surface area contributed by atoms with Gasteiger partial charge in [0.1, 0.15) is 10.9 Å². The number of hydrogen-bond acceptors (Lipinski definition) is 4. The molecular weight excluding hydrogens is 434 g/mol. The third-order valence-electron chi connectivity index (χ3n) is 5.43. The van der Waals surface area contributed by atoms with E-state index in [9.17, 15) is 13.2 Å². The highest BCUT2D eigenvalue weighted by molar-refractivity contribution is 7.89. The number of sulfonamides is 1. The highest BCUT2D eigenvalue weighted by Crippen LogP contribution is 2.22. The van der Waals surface area contributed by atoms with Crippen LogP contribution in [0.2, 0.25) is 0 Å². The van der Waals surface area contributed by atoms with Crippen molar-refractivity contribution in [1.82, 2.24) is 9.71 Å². The molecule has 1 heterocycles. The summed E-state index contributed by atoms with van der Waals surface area (Å²) in [7, 11) is -4.04. The van der Waals surface area contributed by atoms with Crippen LogP contribution in [0.1, 0.15) is 16.7 Å². The summed E-state index contributed by atoms with van der Waals surface area (Å²) in [5, 5.41) is 3.61. The molecule has 0 spiro atoms. The lowest BCUT2D eigenvalue weighted by Gasteiger charge is -2.20. The number of nitrogens with zero attached hydrogens (tertiary/aromatic N) is 1. The van der Waals surface area contributed by atoms with E-state index in [1.54, 1.807) is 30.5 Å². The third-order valence-corrected chi connectivity index (χ3v) is 6.94. The van der Waals surface area contributed by atoms with Crippen LogP contribution in [0.4, 0.5) is 5.69 Å². The van der Waals surface area contributed by atoms with Crippen LogP contribution in [-0.2, 0) is 21.2 Å². The molecule has 3 aromatic carbocycles. The molecule has 2 N–H and O–H groups in total. The largest absolute Gasteiger partial charge is 0.324 e. The molecule has 6 nitrogen and oxygen atoms in total. The van der Waals surface area contributed by atoms with Crippen molar-refractivity contribution < 1.29 is 13.2 Å². The van der Waals surface area contributed by atoms with E-state index in [1.165, 1.54) is 6.07 Å². The lowest BCUT2D eigenvalue weighted by atomic mass is 10.1. The zero-order valence-corrected chi connectivity index (χ0v) is 19.3. The number of carbonyl (C=O) groups excluding carboxylic acids is 1. The van der Waals surface area contributed by atoms with Crippen molar-refractivity contribution in [2.24, 2.45) is 0 Å². The quantitative estimate of drug-likeness (QED) is 0.429. The van der Waals surface area contributed by atoms with E-state index < -0.39 is 22.0 Å². The SMILES string of the molecule is Cc1ccc(C)c(NC(=O)C(Cc2ccccc2)NS(=O)(=O)c2cccc3cccnc23)c1. The Morgan fingerprint density at radius 3 is 2.48 bits per heavy atom. The molecule has 1 amide bonds. The standard InChI is InChI=1S/C26H25N3O3S/c1-18-13-14-19(2)22(16-18)28-26(30)23(17-20-8-4-3-5-9-20)29-33(31,32)24-12-6-10-21-11-7-15-27-25(21)24/h3-16,23,29H,17H2,1-2H3,(H,28,30). The summed E-state index contributed by atoms with van der Waals surface area (Å²) in [6.07, 6.45) is 1.75. The van der Waals surface area contributed by atoms with Crippen LogP contribution in [0, 0.1) is 13.8 Å². The van der Waals surface area contributed by atoms with E-state index in [1.807, 2.05) is 62.4 Å². The number of anilines is 1.